The molecular formula is C14H16ClN3O2. The Morgan fingerprint density at radius 2 is 2.25 bits per heavy atom. The molecule has 0 aromatic heterocycles. The van der Waals surface area contributed by atoms with Crippen LogP contribution in [0, 0.1) is 17.2 Å². The molecule has 1 saturated carbocycles. The second-order valence-corrected chi connectivity index (χ2v) is 5.26. The van der Waals surface area contributed by atoms with E-state index in [1.165, 1.54) is 31.7 Å². The first-order valence-corrected chi connectivity index (χ1v) is 7.06. The Labute approximate surface area is 123 Å². The third-order valence-electron chi connectivity index (χ3n) is 3.43. The first kappa shape index (κ1) is 14.6. The molecule has 106 valence electrons. The van der Waals surface area contributed by atoms with Crippen molar-refractivity contribution in [3.63, 3.8) is 0 Å². The molecule has 1 aliphatic carbocycles. The van der Waals surface area contributed by atoms with E-state index in [0.29, 0.717) is 18.2 Å². The molecule has 6 heteroatoms. The molecule has 0 spiro atoms. The van der Waals surface area contributed by atoms with Gasteiger partial charge in [-0.2, -0.15) is 5.26 Å². The van der Waals surface area contributed by atoms with Crippen LogP contribution in [-0.4, -0.2) is 18.9 Å². The lowest BCUT2D eigenvalue weighted by Gasteiger charge is -2.21. The zero-order valence-electron chi connectivity index (χ0n) is 11.1. The lowest BCUT2D eigenvalue weighted by Crippen LogP contribution is -2.21. The molecule has 20 heavy (non-hydrogen) atoms. The summed E-state index contributed by atoms with van der Waals surface area (Å²) in [7, 11) is 0. The maximum Gasteiger partial charge on any atom is 0.351 e. The Kier molecular flexibility index (Phi) is 5.19. The van der Waals surface area contributed by atoms with Gasteiger partial charge in [-0.25, -0.2) is 9.79 Å². The summed E-state index contributed by atoms with van der Waals surface area (Å²) < 4.78 is 5.25. The summed E-state index contributed by atoms with van der Waals surface area (Å²) in [5.41, 5.74) is 0.242. The van der Waals surface area contributed by atoms with Gasteiger partial charge in [-0.15, -0.1) is 0 Å². The summed E-state index contributed by atoms with van der Waals surface area (Å²) in [4.78, 5) is 15.7. The minimum atomic E-state index is -0.614. The molecule has 0 bridgehead atoms. The van der Waals surface area contributed by atoms with E-state index in [4.69, 9.17) is 21.6 Å². The van der Waals surface area contributed by atoms with Crippen LogP contribution >= 0.6 is 11.6 Å². The Morgan fingerprint density at radius 3 is 2.90 bits per heavy atom. The van der Waals surface area contributed by atoms with Crippen LogP contribution in [0.15, 0.2) is 27.5 Å². The van der Waals surface area contributed by atoms with E-state index in [1.54, 1.807) is 0 Å². The number of nitriles is 1. The molecule has 1 aliphatic heterocycles. The molecule has 0 atom stereocenters. The van der Waals surface area contributed by atoms with E-state index in [0.717, 1.165) is 12.8 Å². The van der Waals surface area contributed by atoms with Gasteiger partial charge in [0.2, 0.25) is 0 Å². The summed E-state index contributed by atoms with van der Waals surface area (Å²) in [5, 5.41) is 12.0. The standard InChI is InChI=1S/C14H16ClN3O2/c15-13-6-12(17-9-18-13)11(7-16)14(19)20-8-10-4-2-1-3-5-10/h6,9-10H,1-5,8H2,(H,17,18)/b12-11-. The third kappa shape index (κ3) is 3.84. The number of halogens is 1. The van der Waals surface area contributed by atoms with Crippen molar-refractivity contribution in [2.24, 2.45) is 10.9 Å². The predicted molar refractivity (Wildman–Crippen MR) is 75.7 cm³/mol. The first-order chi connectivity index (χ1) is 9.70. The molecule has 0 amide bonds. The molecule has 0 radical (unpaired) electrons. The molecule has 2 rings (SSSR count). The van der Waals surface area contributed by atoms with Gasteiger partial charge in [0, 0.05) is 6.08 Å². The number of aliphatic imine (C=N–C) groups is 1. The summed E-state index contributed by atoms with van der Waals surface area (Å²) in [6.45, 7) is 0.378. The molecular weight excluding hydrogens is 278 g/mol. The number of esters is 1. The molecule has 1 heterocycles. The maximum absolute atomic E-state index is 12.0. The van der Waals surface area contributed by atoms with Gasteiger partial charge in [-0.3, -0.25) is 0 Å². The second-order valence-electron chi connectivity index (χ2n) is 4.87. The SMILES string of the molecule is N#C/C(C(=O)OCC1CCCCC1)=C1\C=C(Cl)N=CN1. The summed E-state index contributed by atoms with van der Waals surface area (Å²) in [6, 6.07) is 1.86. The van der Waals surface area contributed by atoms with Crippen LogP contribution in [0.1, 0.15) is 32.1 Å². The van der Waals surface area contributed by atoms with Crippen LogP contribution in [0.2, 0.25) is 0 Å². The van der Waals surface area contributed by atoms with E-state index in [2.05, 4.69) is 10.3 Å². The van der Waals surface area contributed by atoms with Crippen molar-refractivity contribution in [1.29, 1.82) is 5.26 Å². The van der Waals surface area contributed by atoms with Crippen molar-refractivity contribution in [3.05, 3.63) is 22.5 Å². The van der Waals surface area contributed by atoms with Gasteiger partial charge in [0.05, 0.1) is 18.6 Å². The fourth-order valence-corrected chi connectivity index (χ4v) is 2.50. The summed E-state index contributed by atoms with van der Waals surface area (Å²) in [5.74, 6) is -0.200. The van der Waals surface area contributed by atoms with Crippen LogP contribution in [0.4, 0.5) is 0 Å². The van der Waals surface area contributed by atoms with Crippen molar-refractivity contribution in [3.8, 4) is 6.07 Å². The zero-order chi connectivity index (χ0) is 14.4. The number of nitrogens with zero attached hydrogens (tertiary/aromatic N) is 2. The summed E-state index contributed by atoms with van der Waals surface area (Å²) in [6.07, 6.45) is 8.57. The van der Waals surface area contributed by atoms with Gasteiger partial charge in [0.25, 0.3) is 0 Å². The second kappa shape index (κ2) is 7.11. The van der Waals surface area contributed by atoms with Gasteiger partial charge >= 0.3 is 5.97 Å². The lowest BCUT2D eigenvalue weighted by atomic mass is 9.90. The van der Waals surface area contributed by atoms with Crippen LogP contribution in [-0.2, 0) is 9.53 Å². The number of carbonyl (C=O) groups excluding carboxylic acids is 1. The molecule has 2 aliphatic rings. The van der Waals surface area contributed by atoms with Gasteiger partial charge in [-0.1, -0.05) is 30.9 Å². The smallest absolute Gasteiger partial charge is 0.351 e. The minimum Gasteiger partial charge on any atom is -0.461 e. The highest BCUT2D eigenvalue weighted by Gasteiger charge is 2.20. The van der Waals surface area contributed by atoms with Crippen molar-refractivity contribution >= 4 is 23.9 Å². The normalized spacial score (nSPS) is 21.5. The maximum atomic E-state index is 12.0. The Balaban J connectivity index is 1.97. The fraction of sp³-hybridized carbons (Fsp3) is 0.500. The average molecular weight is 294 g/mol. The number of allylic oxidation sites excluding steroid dienone is 1. The highest BCUT2D eigenvalue weighted by molar-refractivity contribution is 6.30. The lowest BCUT2D eigenvalue weighted by molar-refractivity contribution is -0.140. The number of ether oxygens (including phenoxy) is 1. The number of hydrogen-bond acceptors (Lipinski definition) is 5. The van der Waals surface area contributed by atoms with Crippen LogP contribution in [0.25, 0.3) is 0 Å². The highest BCUT2D eigenvalue weighted by Crippen LogP contribution is 2.24. The van der Waals surface area contributed by atoms with Gasteiger partial charge in [0.15, 0.2) is 5.57 Å². The summed E-state index contributed by atoms with van der Waals surface area (Å²) >= 11 is 5.74. The largest absolute Gasteiger partial charge is 0.461 e. The van der Waals surface area contributed by atoms with E-state index in [1.807, 2.05) is 6.07 Å². The zero-order valence-corrected chi connectivity index (χ0v) is 11.8. The van der Waals surface area contributed by atoms with Crippen molar-refractivity contribution in [1.82, 2.24) is 5.32 Å². The topological polar surface area (TPSA) is 74.5 Å². The Morgan fingerprint density at radius 1 is 1.50 bits per heavy atom. The molecule has 1 N–H and O–H groups in total. The molecule has 0 aromatic carbocycles. The molecule has 5 nitrogen and oxygen atoms in total. The fourth-order valence-electron chi connectivity index (χ4n) is 2.34. The van der Waals surface area contributed by atoms with Gasteiger partial charge in [0.1, 0.15) is 11.2 Å². The molecule has 0 saturated heterocycles. The van der Waals surface area contributed by atoms with Gasteiger partial charge in [-0.05, 0) is 18.8 Å². The first-order valence-electron chi connectivity index (χ1n) is 6.68. The van der Waals surface area contributed by atoms with E-state index >= 15 is 0 Å². The van der Waals surface area contributed by atoms with Crippen molar-refractivity contribution in [2.75, 3.05) is 6.61 Å². The highest BCUT2D eigenvalue weighted by atomic mass is 35.5. The van der Waals surface area contributed by atoms with Crippen LogP contribution in [0.5, 0.6) is 0 Å². The number of nitrogens with one attached hydrogen (secondary N) is 1. The third-order valence-corrected chi connectivity index (χ3v) is 3.64. The van der Waals surface area contributed by atoms with Crippen molar-refractivity contribution < 1.29 is 9.53 Å². The minimum absolute atomic E-state index is 0.0786. The van der Waals surface area contributed by atoms with Crippen LogP contribution < -0.4 is 5.32 Å². The monoisotopic (exact) mass is 293 g/mol. The number of rotatable bonds is 3. The quantitative estimate of drug-likeness (QED) is 0.376. The Hall–Kier alpha value is -1.80. The number of carbonyl (C=O) groups is 1. The van der Waals surface area contributed by atoms with E-state index < -0.39 is 5.97 Å². The average Bonchev–Trinajstić information content (AvgIpc) is 2.47. The van der Waals surface area contributed by atoms with Crippen LogP contribution in [0.3, 0.4) is 0 Å². The van der Waals surface area contributed by atoms with E-state index in [-0.39, 0.29) is 10.7 Å². The molecule has 0 unspecified atom stereocenters. The number of hydrogen-bond donors (Lipinski definition) is 1. The molecule has 1 fully saturated rings. The molecule has 0 aromatic rings. The predicted octanol–water partition coefficient (Wildman–Crippen LogP) is 2.60. The van der Waals surface area contributed by atoms with E-state index in [9.17, 15) is 4.79 Å². The van der Waals surface area contributed by atoms with Gasteiger partial charge < -0.3 is 10.1 Å². The Bertz CT molecular complexity index is 511. The van der Waals surface area contributed by atoms with Crippen molar-refractivity contribution in [2.45, 2.75) is 32.1 Å².